The van der Waals surface area contributed by atoms with Gasteiger partial charge in [-0.1, -0.05) is 59.8 Å². The SMILES string of the molecule is CC1=NC(CCc2ccc(-c3ccc(Sc4ccc(C)cc4)cc3F)cc2)(COP(=O)(OC(C)(C)C)OC(C)(C)C)CO1. The van der Waals surface area contributed by atoms with Crippen molar-refractivity contribution < 1.29 is 27.3 Å². The van der Waals surface area contributed by atoms with Crippen molar-refractivity contribution in [3.05, 3.63) is 83.7 Å². The molecule has 1 atom stereocenters. The maximum atomic E-state index is 15.1. The van der Waals surface area contributed by atoms with Crippen LogP contribution in [0.4, 0.5) is 4.39 Å². The summed E-state index contributed by atoms with van der Waals surface area (Å²) in [5.74, 6) is 0.301. The molecule has 0 radical (unpaired) electrons. The van der Waals surface area contributed by atoms with E-state index in [0.717, 1.165) is 20.9 Å². The molecule has 0 bridgehead atoms. The van der Waals surface area contributed by atoms with Crippen LogP contribution in [-0.4, -0.2) is 35.9 Å². The normalized spacial score (nSPS) is 17.6. The molecular weight excluding hydrogens is 584 g/mol. The van der Waals surface area contributed by atoms with Gasteiger partial charge in [-0.3, -0.25) is 13.6 Å². The van der Waals surface area contributed by atoms with Gasteiger partial charge in [0.15, 0.2) is 5.90 Å². The van der Waals surface area contributed by atoms with Crippen molar-refractivity contribution in [2.45, 2.75) is 94.8 Å². The third kappa shape index (κ3) is 10.0. The van der Waals surface area contributed by atoms with Crippen LogP contribution < -0.4 is 0 Å². The van der Waals surface area contributed by atoms with Gasteiger partial charge in [-0.15, -0.1) is 0 Å². The summed E-state index contributed by atoms with van der Waals surface area (Å²) in [5, 5.41) is 0. The van der Waals surface area contributed by atoms with Crippen molar-refractivity contribution >= 4 is 25.5 Å². The molecular formula is C34H43FNO5PS. The molecule has 3 aromatic carbocycles. The van der Waals surface area contributed by atoms with E-state index in [9.17, 15) is 4.57 Å². The monoisotopic (exact) mass is 627 g/mol. The molecule has 1 aliphatic heterocycles. The van der Waals surface area contributed by atoms with Gasteiger partial charge in [-0.2, -0.15) is 0 Å². The standard InChI is InChI=1S/C34H43FNO5PS/c1-24-9-15-28(16-10-24)43-29-17-18-30(31(35)21-29)27-13-11-26(12-14-27)19-20-34(22-38-25(2)36-34)23-39-42(37,40-32(3,4)5)41-33(6,7)8/h9-18,21H,19-20,22-23H2,1-8H3. The zero-order chi connectivity index (χ0) is 31.5. The first-order valence-corrected chi connectivity index (χ1v) is 16.8. The molecule has 0 N–H and O–H groups in total. The molecule has 3 aromatic rings. The predicted molar refractivity (Wildman–Crippen MR) is 172 cm³/mol. The van der Waals surface area contributed by atoms with Gasteiger partial charge in [-0.05, 0) is 96.7 Å². The van der Waals surface area contributed by atoms with Gasteiger partial charge in [0.2, 0.25) is 0 Å². The Morgan fingerprint density at radius 2 is 1.51 bits per heavy atom. The molecule has 0 fully saturated rings. The van der Waals surface area contributed by atoms with E-state index in [1.165, 1.54) is 5.56 Å². The third-order valence-electron chi connectivity index (χ3n) is 6.55. The number of phosphoric ester groups is 1. The number of rotatable bonds is 11. The summed E-state index contributed by atoms with van der Waals surface area (Å²) in [5.41, 5.74) is 1.42. The Morgan fingerprint density at radius 3 is 2.05 bits per heavy atom. The molecule has 6 nitrogen and oxygen atoms in total. The molecule has 0 amide bonds. The van der Waals surface area contributed by atoms with Gasteiger partial charge in [0.1, 0.15) is 18.0 Å². The smallest absolute Gasteiger partial charge is 0.475 e. The van der Waals surface area contributed by atoms with Crippen molar-refractivity contribution in [3.63, 3.8) is 0 Å². The Balaban J connectivity index is 1.43. The van der Waals surface area contributed by atoms with Crippen LogP contribution in [-0.2, 0) is 29.3 Å². The zero-order valence-corrected chi connectivity index (χ0v) is 28.1. The molecule has 232 valence electrons. The van der Waals surface area contributed by atoms with E-state index < -0.39 is 24.6 Å². The molecule has 4 rings (SSSR count). The fourth-order valence-electron chi connectivity index (χ4n) is 4.62. The minimum Gasteiger partial charge on any atom is -0.479 e. The van der Waals surface area contributed by atoms with E-state index in [-0.39, 0.29) is 12.4 Å². The summed E-state index contributed by atoms with van der Waals surface area (Å²) in [4.78, 5) is 6.66. The van der Waals surface area contributed by atoms with Crippen LogP contribution in [0, 0.1) is 12.7 Å². The molecule has 0 aliphatic carbocycles. The van der Waals surface area contributed by atoms with E-state index in [4.69, 9.17) is 23.3 Å². The minimum atomic E-state index is -3.91. The first-order chi connectivity index (χ1) is 20.0. The lowest BCUT2D eigenvalue weighted by atomic mass is 9.93. The summed E-state index contributed by atoms with van der Waals surface area (Å²) in [6.07, 6.45) is 1.26. The van der Waals surface area contributed by atoms with E-state index >= 15 is 4.39 Å². The van der Waals surface area contributed by atoms with E-state index in [2.05, 4.69) is 12.1 Å². The van der Waals surface area contributed by atoms with Crippen molar-refractivity contribution in [2.24, 2.45) is 4.99 Å². The Morgan fingerprint density at radius 1 is 0.907 bits per heavy atom. The Labute approximate surface area is 260 Å². The summed E-state index contributed by atoms with van der Waals surface area (Å²) in [6.45, 7) is 15.0. The lowest BCUT2D eigenvalue weighted by Crippen LogP contribution is -2.36. The van der Waals surface area contributed by atoms with Crippen LogP contribution in [0.15, 0.2) is 81.5 Å². The highest BCUT2D eigenvalue weighted by Crippen LogP contribution is 2.56. The average molecular weight is 628 g/mol. The van der Waals surface area contributed by atoms with Crippen LogP contribution in [0.1, 0.15) is 66.0 Å². The highest BCUT2D eigenvalue weighted by molar-refractivity contribution is 7.99. The molecule has 9 heteroatoms. The highest BCUT2D eigenvalue weighted by atomic mass is 32.2. The van der Waals surface area contributed by atoms with Gasteiger partial charge >= 0.3 is 7.82 Å². The van der Waals surface area contributed by atoms with Crippen LogP contribution in [0.3, 0.4) is 0 Å². The molecule has 1 heterocycles. The van der Waals surface area contributed by atoms with Crippen molar-refractivity contribution in [1.82, 2.24) is 0 Å². The van der Waals surface area contributed by atoms with Crippen molar-refractivity contribution in [1.29, 1.82) is 0 Å². The highest BCUT2D eigenvalue weighted by Gasteiger charge is 2.43. The van der Waals surface area contributed by atoms with Crippen LogP contribution in [0.2, 0.25) is 0 Å². The number of hydrogen-bond donors (Lipinski definition) is 0. The predicted octanol–water partition coefficient (Wildman–Crippen LogP) is 9.83. The molecule has 43 heavy (non-hydrogen) atoms. The topological polar surface area (TPSA) is 66.4 Å². The number of halogens is 1. The second kappa shape index (κ2) is 13.3. The second-order valence-corrected chi connectivity index (χ2v) is 15.7. The fraction of sp³-hybridized carbons (Fsp3) is 0.441. The van der Waals surface area contributed by atoms with Gasteiger partial charge in [0.05, 0.1) is 17.8 Å². The molecule has 0 saturated heterocycles. The third-order valence-corrected chi connectivity index (χ3v) is 9.53. The van der Waals surface area contributed by atoms with Crippen molar-refractivity contribution in [2.75, 3.05) is 13.2 Å². The Hall–Kier alpha value is -2.48. The number of nitrogens with zero attached hydrogens (tertiary/aromatic N) is 1. The van der Waals surface area contributed by atoms with Gasteiger partial charge in [0, 0.05) is 22.3 Å². The number of benzene rings is 3. The molecule has 0 aromatic heterocycles. The largest absolute Gasteiger partial charge is 0.479 e. The maximum Gasteiger partial charge on any atom is 0.475 e. The number of phosphoric acid groups is 1. The van der Waals surface area contributed by atoms with E-state index in [0.29, 0.717) is 30.9 Å². The van der Waals surface area contributed by atoms with Gasteiger partial charge < -0.3 is 4.74 Å². The number of aliphatic imine (C=N–C) groups is 1. The Bertz CT molecular complexity index is 1460. The molecule has 1 aliphatic rings. The lowest BCUT2D eigenvalue weighted by Gasteiger charge is -2.33. The summed E-state index contributed by atoms with van der Waals surface area (Å²) in [7, 11) is -3.91. The van der Waals surface area contributed by atoms with Crippen LogP contribution in [0.5, 0.6) is 0 Å². The Kier molecular flexibility index (Phi) is 10.3. The lowest BCUT2D eigenvalue weighted by molar-refractivity contribution is -0.00465. The molecule has 1 unspecified atom stereocenters. The first kappa shape index (κ1) is 33.4. The fourth-order valence-corrected chi connectivity index (χ4v) is 7.34. The number of hydrogen-bond acceptors (Lipinski definition) is 7. The van der Waals surface area contributed by atoms with Gasteiger partial charge in [-0.25, -0.2) is 13.9 Å². The quantitative estimate of drug-likeness (QED) is 0.197. The molecule has 0 spiro atoms. The van der Waals surface area contributed by atoms with Crippen molar-refractivity contribution in [3.8, 4) is 11.1 Å². The van der Waals surface area contributed by atoms with E-state index in [1.807, 2.05) is 55.5 Å². The summed E-state index contributed by atoms with van der Waals surface area (Å²) < 4.78 is 52.0. The number of aryl methyl sites for hydroxylation is 2. The average Bonchev–Trinajstić information content (AvgIpc) is 3.27. The van der Waals surface area contributed by atoms with Crippen LogP contribution >= 0.6 is 19.6 Å². The van der Waals surface area contributed by atoms with E-state index in [1.54, 1.807) is 66.3 Å². The zero-order valence-electron chi connectivity index (χ0n) is 26.4. The maximum absolute atomic E-state index is 15.1. The van der Waals surface area contributed by atoms with Gasteiger partial charge in [0.25, 0.3) is 0 Å². The molecule has 0 saturated carbocycles. The first-order valence-electron chi connectivity index (χ1n) is 14.5. The van der Waals surface area contributed by atoms with Crippen LogP contribution in [0.25, 0.3) is 11.1 Å². The summed E-state index contributed by atoms with van der Waals surface area (Å²) >= 11 is 1.54. The number of ether oxygens (including phenoxy) is 1. The second-order valence-electron chi connectivity index (χ2n) is 13.0. The summed E-state index contributed by atoms with van der Waals surface area (Å²) in [6, 6.07) is 21.4. The minimum absolute atomic E-state index is 0.0179.